The summed E-state index contributed by atoms with van der Waals surface area (Å²) in [6, 6.07) is 17.6. The summed E-state index contributed by atoms with van der Waals surface area (Å²) in [7, 11) is -3.21. The SMILES string of the molecule is CCS(=O)(=O)c1ccc(Oc2ccc3nc(-c4ccccn4)[nH]c3c2)cc1. The van der Waals surface area contributed by atoms with E-state index in [4.69, 9.17) is 4.74 Å². The number of hydrogen-bond donors (Lipinski definition) is 1. The lowest BCUT2D eigenvalue weighted by Crippen LogP contribution is -2.03. The molecule has 0 radical (unpaired) electrons. The summed E-state index contributed by atoms with van der Waals surface area (Å²) >= 11 is 0. The number of pyridine rings is 1. The molecule has 0 spiro atoms. The number of aromatic nitrogens is 3. The van der Waals surface area contributed by atoms with Crippen LogP contribution in [0.1, 0.15) is 6.92 Å². The zero-order chi connectivity index (χ0) is 18.9. The number of ether oxygens (including phenoxy) is 1. The molecule has 136 valence electrons. The topological polar surface area (TPSA) is 84.9 Å². The molecule has 2 aromatic carbocycles. The van der Waals surface area contributed by atoms with Crippen LogP contribution in [0.4, 0.5) is 0 Å². The second-order valence-electron chi connectivity index (χ2n) is 5.96. The summed E-state index contributed by atoms with van der Waals surface area (Å²) in [4.78, 5) is 12.4. The lowest BCUT2D eigenvalue weighted by Gasteiger charge is -2.07. The van der Waals surface area contributed by atoms with Crippen molar-refractivity contribution in [2.24, 2.45) is 0 Å². The number of H-pyrrole nitrogens is 1. The van der Waals surface area contributed by atoms with E-state index in [2.05, 4.69) is 15.0 Å². The molecule has 0 fully saturated rings. The first-order valence-electron chi connectivity index (χ1n) is 8.47. The van der Waals surface area contributed by atoms with E-state index in [9.17, 15) is 8.42 Å². The molecule has 4 rings (SSSR count). The number of hydrogen-bond acceptors (Lipinski definition) is 5. The molecular formula is C20H17N3O3S. The highest BCUT2D eigenvalue weighted by Gasteiger charge is 2.12. The van der Waals surface area contributed by atoms with Crippen molar-refractivity contribution in [1.82, 2.24) is 15.0 Å². The number of benzene rings is 2. The molecule has 0 aliphatic heterocycles. The van der Waals surface area contributed by atoms with Gasteiger partial charge in [0.25, 0.3) is 0 Å². The summed E-state index contributed by atoms with van der Waals surface area (Å²) in [6.45, 7) is 1.62. The minimum Gasteiger partial charge on any atom is -0.457 e. The number of rotatable bonds is 5. The third kappa shape index (κ3) is 3.54. The molecule has 0 aliphatic rings. The minimum absolute atomic E-state index is 0.0717. The maximum absolute atomic E-state index is 11.9. The van der Waals surface area contributed by atoms with Gasteiger partial charge < -0.3 is 9.72 Å². The number of nitrogens with one attached hydrogen (secondary N) is 1. The summed E-state index contributed by atoms with van der Waals surface area (Å²) in [5.41, 5.74) is 2.41. The summed E-state index contributed by atoms with van der Waals surface area (Å²) in [5.74, 6) is 1.96. The number of nitrogens with zero attached hydrogens (tertiary/aromatic N) is 2. The fourth-order valence-electron chi connectivity index (χ4n) is 2.69. The van der Waals surface area contributed by atoms with Crippen LogP contribution in [-0.2, 0) is 9.84 Å². The Labute approximate surface area is 156 Å². The largest absolute Gasteiger partial charge is 0.457 e. The molecule has 0 unspecified atom stereocenters. The zero-order valence-corrected chi connectivity index (χ0v) is 15.4. The van der Waals surface area contributed by atoms with Crippen LogP contribution in [0.25, 0.3) is 22.6 Å². The van der Waals surface area contributed by atoms with E-state index in [1.807, 2.05) is 36.4 Å². The molecule has 27 heavy (non-hydrogen) atoms. The Morgan fingerprint density at radius 2 is 1.78 bits per heavy atom. The van der Waals surface area contributed by atoms with Crippen LogP contribution < -0.4 is 4.74 Å². The predicted octanol–water partition coefficient (Wildman–Crippen LogP) is 4.21. The Morgan fingerprint density at radius 1 is 1.00 bits per heavy atom. The van der Waals surface area contributed by atoms with Crippen molar-refractivity contribution in [3.8, 4) is 23.0 Å². The second kappa shape index (κ2) is 6.85. The van der Waals surface area contributed by atoms with E-state index >= 15 is 0 Å². The Balaban J connectivity index is 1.59. The number of sulfone groups is 1. The maximum atomic E-state index is 11.9. The Kier molecular flexibility index (Phi) is 4.37. The normalized spacial score (nSPS) is 11.6. The van der Waals surface area contributed by atoms with Crippen molar-refractivity contribution in [1.29, 1.82) is 0 Å². The first-order valence-corrected chi connectivity index (χ1v) is 10.1. The zero-order valence-electron chi connectivity index (χ0n) is 14.6. The average molecular weight is 379 g/mol. The van der Waals surface area contributed by atoms with Gasteiger partial charge in [-0.2, -0.15) is 0 Å². The van der Waals surface area contributed by atoms with E-state index in [1.165, 1.54) is 0 Å². The van der Waals surface area contributed by atoms with Gasteiger partial charge in [-0.25, -0.2) is 13.4 Å². The smallest absolute Gasteiger partial charge is 0.178 e. The van der Waals surface area contributed by atoms with Gasteiger partial charge in [0.2, 0.25) is 0 Å². The second-order valence-corrected chi connectivity index (χ2v) is 8.23. The Hall–Kier alpha value is -3.19. The van der Waals surface area contributed by atoms with Crippen LogP contribution in [0.5, 0.6) is 11.5 Å². The summed E-state index contributed by atoms with van der Waals surface area (Å²) < 4.78 is 29.6. The van der Waals surface area contributed by atoms with E-state index in [0.29, 0.717) is 22.2 Å². The molecule has 2 heterocycles. The maximum Gasteiger partial charge on any atom is 0.178 e. The highest BCUT2D eigenvalue weighted by molar-refractivity contribution is 7.91. The minimum atomic E-state index is -3.21. The molecule has 0 atom stereocenters. The van der Waals surface area contributed by atoms with E-state index in [0.717, 1.165) is 16.7 Å². The molecule has 0 bridgehead atoms. The van der Waals surface area contributed by atoms with Gasteiger partial charge in [0, 0.05) is 12.3 Å². The van der Waals surface area contributed by atoms with Gasteiger partial charge in [-0.05, 0) is 48.5 Å². The lowest BCUT2D eigenvalue weighted by atomic mass is 10.3. The van der Waals surface area contributed by atoms with Crippen molar-refractivity contribution < 1.29 is 13.2 Å². The van der Waals surface area contributed by atoms with Gasteiger partial charge in [0.1, 0.15) is 17.2 Å². The number of fused-ring (bicyclic) bond motifs is 1. The van der Waals surface area contributed by atoms with Crippen LogP contribution >= 0.6 is 0 Å². The lowest BCUT2D eigenvalue weighted by molar-refractivity contribution is 0.483. The summed E-state index contributed by atoms with van der Waals surface area (Å²) in [5, 5.41) is 0. The molecule has 0 saturated heterocycles. The van der Waals surface area contributed by atoms with Crippen LogP contribution in [-0.4, -0.2) is 29.1 Å². The van der Waals surface area contributed by atoms with Crippen LogP contribution in [0, 0.1) is 0 Å². The van der Waals surface area contributed by atoms with Crippen LogP contribution in [0.3, 0.4) is 0 Å². The predicted molar refractivity (Wildman–Crippen MR) is 104 cm³/mol. The van der Waals surface area contributed by atoms with E-state index in [1.54, 1.807) is 37.4 Å². The molecule has 4 aromatic rings. The molecule has 2 aromatic heterocycles. The number of aromatic amines is 1. The van der Waals surface area contributed by atoms with Gasteiger partial charge in [0.05, 0.1) is 21.7 Å². The molecule has 0 saturated carbocycles. The molecule has 1 N–H and O–H groups in total. The van der Waals surface area contributed by atoms with E-state index < -0.39 is 9.84 Å². The molecular weight excluding hydrogens is 362 g/mol. The highest BCUT2D eigenvalue weighted by atomic mass is 32.2. The van der Waals surface area contributed by atoms with E-state index in [-0.39, 0.29) is 5.75 Å². The van der Waals surface area contributed by atoms with Crippen molar-refractivity contribution in [2.45, 2.75) is 11.8 Å². The number of imidazole rings is 1. The fraction of sp³-hybridized carbons (Fsp3) is 0.100. The van der Waals surface area contributed by atoms with Gasteiger partial charge in [-0.1, -0.05) is 13.0 Å². The summed E-state index contributed by atoms with van der Waals surface area (Å²) in [6.07, 6.45) is 1.72. The standard InChI is InChI=1S/C20H17N3O3S/c1-2-27(24,25)16-9-6-14(7-10-16)26-15-8-11-17-19(13-15)23-20(22-17)18-5-3-4-12-21-18/h3-13H,2H2,1H3,(H,22,23). The Morgan fingerprint density at radius 3 is 2.48 bits per heavy atom. The quantitative estimate of drug-likeness (QED) is 0.561. The van der Waals surface area contributed by atoms with Gasteiger partial charge in [0.15, 0.2) is 15.7 Å². The highest BCUT2D eigenvalue weighted by Crippen LogP contribution is 2.27. The average Bonchev–Trinajstić information content (AvgIpc) is 3.12. The third-order valence-electron chi connectivity index (χ3n) is 4.16. The van der Waals surface area contributed by atoms with Crippen molar-refractivity contribution >= 4 is 20.9 Å². The molecule has 6 nitrogen and oxygen atoms in total. The Bertz CT molecular complexity index is 1180. The van der Waals surface area contributed by atoms with Gasteiger partial charge >= 0.3 is 0 Å². The fourth-order valence-corrected chi connectivity index (χ4v) is 3.58. The van der Waals surface area contributed by atoms with Crippen LogP contribution in [0.15, 0.2) is 71.8 Å². The third-order valence-corrected chi connectivity index (χ3v) is 5.91. The van der Waals surface area contributed by atoms with Crippen molar-refractivity contribution in [3.05, 3.63) is 66.9 Å². The molecule has 0 amide bonds. The molecule has 0 aliphatic carbocycles. The molecule has 7 heteroatoms. The van der Waals surface area contributed by atoms with Crippen LogP contribution in [0.2, 0.25) is 0 Å². The van der Waals surface area contributed by atoms with Crippen molar-refractivity contribution in [3.63, 3.8) is 0 Å². The van der Waals surface area contributed by atoms with Gasteiger partial charge in [-0.3, -0.25) is 4.98 Å². The first kappa shape index (κ1) is 17.2. The van der Waals surface area contributed by atoms with Gasteiger partial charge in [-0.15, -0.1) is 0 Å². The van der Waals surface area contributed by atoms with Crippen molar-refractivity contribution in [2.75, 3.05) is 5.75 Å². The first-order chi connectivity index (χ1) is 13.0. The monoisotopic (exact) mass is 379 g/mol.